The van der Waals surface area contributed by atoms with Gasteiger partial charge in [0, 0.05) is 33.1 Å². The first kappa shape index (κ1) is 13.0. The van der Waals surface area contributed by atoms with Gasteiger partial charge in [-0.15, -0.1) is 0 Å². The molecule has 0 aromatic heterocycles. The molecule has 0 amide bonds. The van der Waals surface area contributed by atoms with Crippen LogP contribution in [0.25, 0.3) is 0 Å². The van der Waals surface area contributed by atoms with Gasteiger partial charge in [0.2, 0.25) is 0 Å². The fourth-order valence-corrected chi connectivity index (χ4v) is 3.34. The van der Waals surface area contributed by atoms with Crippen molar-refractivity contribution in [2.24, 2.45) is 5.73 Å². The minimum absolute atomic E-state index is 0.00229. The second-order valence-electron chi connectivity index (χ2n) is 4.65. The van der Waals surface area contributed by atoms with Gasteiger partial charge in [-0.3, -0.25) is 0 Å². The first-order valence-corrected chi connectivity index (χ1v) is 7.28. The Labute approximate surface area is 125 Å². The van der Waals surface area contributed by atoms with Crippen LogP contribution in [0.15, 0.2) is 46.9 Å². The number of halogens is 2. The number of fused-ring (bicyclic) bond motifs is 1. The molecule has 0 fully saturated rings. The number of rotatable bonds is 1. The van der Waals surface area contributed by atoms with Gasteiger partial charge in [0.1, 0.15) is 11.9 Å². The van der Waals surface area contributed by atoms with Gasteiger partial charge in [0.05, 0.1) is 0 Å². The molecule has 0 bridgehead atoms. The van der Waals surface area contributed by atoms with Crippen LogP contribution in [0.2, 0.25) is 5.02 Å². The van der Waals surface area contributed by atoms with E-state index in [-0.39, 0.29) is 12.1 Å². The van der Waals surface area contributed by atoms with Gasteiger partial charge in [0.25, 0.3) is 0 Å². The van der Waals surface area contributed by atoms with Crippen LogP contribution in [-0.4, -0.2) is 0 Å². The molecule has 2 aromatic rings. The summed E-state index contributed by atoms with van der Waals surface area (Å²) < 4.78 is 7.01. The lowest BCUT2D eigenvalue weighted by Crippen LogP contribution is -2.24. The Hall–Kier alpha value is -1.03. The van der Waals surface area contributed by atoms with Crippen molar-refractivity contribution >= 4 is 27.5 Å². The minimum atomic E-state index is -0.0449. The maximum atomic E-state index is 6.23. The van der Waals surface area contributed by atoms with Crippen LogP contribution in [0.3, 0.4) is 0 Å². The topological polar surface area (TPSA) is 35.2 Å². The van der Waals surface area contributed by atoms with Crippen molar-refractivity contribution in [3.05, 3.63) is 63.1 Å². The molecule has 2 atom stereocenters. The summed E-state index contributed by atoms with van der Waals surface area (Å²) in [6, 6.07) is 13.7. The third-order valence-corrected chi connectivity index (χ3v) is 4.29. The van der Waals surface area contributed by atoms with Crippen molar-refractivity contribution in [2.45, 2.75) is 18.6 Å². The molecule has 2 unspecified atom stereocenters. The molecule has 0 spiro atoms. The normalized spacial score (nSPS) is 21.6. The zero-order valence-electron chi connectivity index (χ0n) is 10.1. The summed E-state index contributed by atoms with van der Waals surface area (Å²) >= 11 is 9.51. The fourth-order valence-electron chi connectivity index (χ4n) is 2.41. The average molecular weight is 339 g/mol. The first-order valence-electron chi connectivity index (χ1n) is 6.11. The Morgan fingerprint density at radius 1 is 1.16 bits per heavy atom. The van der Waals surface area contributed by atoms with Crippen LogP contribution < -0.4 is 10.5 Å². The number of ether oxygens (including phenoxy) is 1. The summed E-state index contributed by atoms with van der Waals surface area (Å²) in [6.07, 6.45) is 0.716. The fraction of sp³-hybridized carbons (Fsp3) is 0.200. The van der Waals surface area contributed by atoms with Gasteiger partial charge in [0.15, 0.2) is 0 Å². The Bertz CT molecular complexity index is 617. The Kier molecular flexibility index (Phi) is 3.52. The lowest BCUT2D eigenvalue weighted by molar-refractivity contribution is 0.161. The molecule has 4 heteroatoms. The molecule has 0 aliphatic carbocycles. The second-order valence-corrected chi connectivity index (χ2v) is 5.94. The highest BCUT2D eigenvalue weighted by Crippen LogP contribution is 2.41. The number of nitrogens with two attached hydrogens (primary N) is 1. The maximum Gasteiger partial charge on any atom is 0.127 e. The van der Waals surface area contributed by atoms with E-state index in [1.54, 1.807) is 0 Å². The van der Waals surface area contributed by atoms with E-state index >= 15 is 0 Å². The zero-order chi connectivity index (χ0) is 13.4. The minimum Gasteiger partial charge on any atom is -0.485 e. The molecule has 19 heavy (non-hydrogen) atoms. The van der Waals surface area contributed by atoms with Crippen molar-refractivity contribution in [3.63, 3.8) is 0 Å². The van der Waals surface area contributed by atoms with E-state index < -0.39 is 0 Å². The summed E-state index contributed by atoms with van der Waals surface area (Å²) in [5, 5.41) is 0.705. The Morgan fingerprint density at radius 2 is 1.95 bits per heavy atom. The molecule has 3 rings (SSSR count). The summed E-state index contributed by atoms with van der Waals surface area (Å²) in [6.45, 7) is 0. The van der Waals surface area contributed by atoms with E-state index in [0.717, 1.165) is 27.8 Å². The highest BCUT2D eigenvalue weighted by molar-refractivity contribution is 9.10. The first-order chi connectivity index (χ1) is 9.15. The third kappa shape index (κ3) is 2.50. The molecular formula is C15H13BrClNO. The van der Waals surface area contributed by atoms with Gasteiger partial charge in [-0.05, 0) is 18.2 Å². The van der Waals surface area contributed by atoms with Crippen LogP contribution in [0.5, 0.6) is 5.75 Å². The van der Waals surface area contributed by atoms with E-state index in [0.29, 0.717) is 5.02 Å². The summed E-state index contributed by atoms with van der Waals surface area (Å²) in [7, 11) is 0. The van der Waals surface area contributed by atoms with E-state index in [1.165, 1.54) is 0 Å². The second kappa shape index (κ2) is 5.16. The number of hydrogen-bond acceptors (Lipinski definition) is 2. The maximum absolute atomic E-state index is 6.23. The highest BCUT2D eigenvalue weighted by Gasteiger charge is 2.27. The van der Waals surface area contributed by atoms with Gasteiger partial charge >= 0.3 is 0 Å². The third-order valence-electron chi connectivity index (χ3n) is 3.37. The summed E-state index contributed by atoms with van der Waals surface area (Å²) in [5.41, 5.74) is 8.38. The van der Waals surface area contributed by atoms with Gasteiger partial charge in [-0.25, -0.2) is 0 Å². The van der Waals surface area contributed by atoms with Crippen LogP contribution in [0.4, 0.5) is 0 Å². The van der Waals surface area contributed by atoms with Crippen LogP contribution in [0.1, 0.15) is 29.7 Å². The standard InChI is InChI=1S/C15H13BrClNO/c16-12-7-9(17)5-6-10(12)15-8-13(18)11-3-1-2-4-14(11)19-15/h1-7,13,15H,8,18H2. The van der Waals surface area contributed by atoms with Gasteiger partial charge in [-0.2, -0.15) is 0 Å². The molecule has 0 saturated heterocycles. The molecule has 1 aliphatic heterocycles. The lowest BCUT2D eigenvalue weighted by atomic mass is 9.94. The zero-order valence-corrected chi connectivity index (χ0v) is 12.5. The van der Waals surface area contributed by atoms with Crippen LogP contribution >= 0.6 is 27.5 Å². The number of hydrogen-bond donors (Lipinski definition) is 1. The summed E-state index contributed by atoms with van der Waals surface area (Å²) in [5.74, 6) is 0.869. The van der Waals surface area contributed by atoms with E-state index in [9.17, 15) is 0 Å². The van der Waals surface area contributed by atoms with Crippen molar-refractivity contribution < 1.29 is 4.74 Å². The molecule has 0 saturated carbocycles. The van der Waals surface area contributed by atoms with Crippen molar-refractivity contribution in [2.75, 3.05) is 0 Å². The van der Waals surface area contributed by atoms with Crippen LogP contribution in [-0.2, 0) is 0 Å². The van der Waals surface area contributed by atoms with Crippen molar-refractivity contribution in [3.8, 4) is 5.75 Å². The smallest absolute Gasteiger partial charge is 0.127 e. The monoisotopic (exact) mass is 337 g/mol. The quantitative estimate of drug-likeness (QED) is 0.823. The number of benzene rings is 2. The van der Waals surface area contributed by atoms with E-state index in [2.05, 4.69) is 15.9 Å². The predicted molar refractivity (Wildman–Crippen MR) is 80.5 cm³/mol. The Morgan fingerprint density at radius 3 is 2.74 bits per heavy atom. The SMILES string of the molecule is NC1CC(c2ccc(Cl)cc2Br)Oc2ccccc21. The molecule has 1 heterocycles. The van der Waals surface area contributed by atoms with Gasteiger partial charge < -0.3 is 10.5 Å². The van der Waals surface area contributed by atoms with E-state index in [4.69, 9.17) is 22.1 Å². The van der Waals surface area contributed by atoms with Crippen molar-refractivity contribution in [1.82, 2.24) is 0 Å². The largest absolute Gasteiger partial charge is 0.485 e. The molecule has 2 aromatic carbocycles. The van der Waals surface area contributed by atoms with Gasteiger partial charge in [-0.1, -0.05) is 51.8 Å². The molecule has 2 N–H and O–H groups in total. The Balaban J connectivity index is 1.97. The lowest BCUT2D eigenvalue weighted by Gasteiger charge is -2.31. The molecular weight excluding hydrogens is 326 g/mol. The van der Waals surface area contributed by atoms with E-state index in [1.807, 2.05) is 42.5 Å². The molecule has 0 radical (unpaired) electrons. The molecule has 1 aliphatic rings. The summed E-state index contributed by atoms with van der Waals surface area (Å²) in [4.78, 5) is 0. The molecule has 98 valence electrons. The highest BCUT2D eigenvalue weighted by atomic mass is 79.9. The van der Waals surface area contributed by atoms with Crippen molar-refractivity contribution in [1.29, 1.82) is 0 Å². The average Bonchev–Trinajstić information content (AvgIpc) is 2.38. The van der Waals surface area contributed by atoms with Crippen LogP contribution in [0, 0.1) is 0 Å². The number of para-hydroxylation sites is 1. The molecule has 2 nitrogen and oxygen atoms in total. The predicted octanol–water partition coefficient (Wildman–Crippen LogP) is 4.63.